The third kappa shape index (κ3) is 6.82. The van der Waals surface area contributed by atoms with Crippen molar-refractivity contribution in [2.24, 2.45) is 5.92 Å². The van der Waals surface area contributed by atoms with E-state index in [-0.39, 0.29) is 30.2 Å². The molecule has 0 nitrogen and oxygen atoms in total. The van der Waals surface area contributed by atoms with Gasteiger partial charge in [0.1, 0.15) is 0 Å². The number of allylic oxidation sites excluding steroid dienone is 2. The first-order valence-electron chi connectivity index (χ1n) is 18.7. The Balaban J connectivity index is 0.00000243. The summed E-state index contributed by atoms with van der Waals surface area (Å²) in [5.74, 6) is 1.27. The maximum Gasteiger partial charge on any atom is -0.147 e. The predicted octanol–water partition coefficient (Wildman–Crippen LogP) is 13.8. The van der Waals surface area contributed by atoms with Crippen molar-refractivity contribution in [2.75, 3.05) is 0 Å². The third-order valence-corrected chi connectivity index (χ3v) is 29.7. The molecule has 0 spiro atoms. The van der Waals surface area contributed by atoms with Crippen molar-refractivity contribution in [2.45, 2.75) is 101 Å². The number of rotatable bonds is 7. The van der Waals surface area contributed by atoms with E-state index in [1.807, 2.05) is 0 Å². The number of halogens is 2. The molecule has 0 bridgehead atoms. The van der Waals surface area contributed by atoms with Gasteiger partial charge in [-0.3, -0.25) is 0 Å². The summed E-state index contributed by atoms with van der Waals surface area (Å²) in [5, 5.41) is 0. The van der Waals surface area contributed by atoms with Gasteiger partial charge in [0.25, 0.3) is 0 Å². The Bertz CT molecular complexity index is 1990. The third-order valence-electron chi connectivity index (χ3n) is 12.3. The molecule has 1 saturated carbocycles. The van der Waals surface area contributed by atoms with E-state index in [4.69, 9.17) is 0 Å². The summed E-state index contributed by atoms with van der Waals surface area (Å²) in [7, 11) is 0. The van der Waals surface area contributed by atoms with Crippen LogP contribution < -0.4 is 0 Å². The second-order valence-electron chi connectivity index (χ2n) is 17.7. The Labute approximate surface area is 318 Å². The van der Waals surface area contributed by atoms with Gasteiger partial charge in [0.15, 0.2) is 0 Å². The fraction of sp³-hybridized carbons (Fsp3) is 0.391. The van der Waals surface area contributed by atoms with Crippen molar-refractivity contribution in [1.82, 2.24) is 0 Å². The van der Waals surface area contributed by atoms with E-state index in [1.54, 1.807) is 22.3 Å². The van der Waals surface area contributed by atoms with Crippen LogP contribution in [-0.4, -0.2) is 6.88 Å². The fourth-order valence-corrected chi connectivity index (χ4v) is 29.7. The second-order valence-corrected chi connectivity index (χ2v) is 48.2. The zero-order chi connectivity index (χ0) is 34.0. The molecule has 0 aliphatic heterocycles. The maximum absolute atomic E-state index is 3.71. The zero-order valence-corrected chi connectivity index (χ0v) is 37.1. The van der Waals surface area contributed by atoms with Crippen LogP contribution >= 0.6 is 24.8 Å². The molecule has 0 radical (unpaired) electrons. The topological polar surface area (TPSA) is 0 Å². The molecule has 0 saturated heterocycles. The average molecular weight is 801 g/mol. The van der Waals surface area contributed by atoms with Crippen LogP contribution in [0.5, 0.6) is 0 Å². The van der Waals surface area contributed by atoms with Crippen LogP contribution in [0, 0.1) is 5.92 Å². The normalized spacial score (nSPS) is 19.0. The van der Waals surface area contributed by atoms with Crippen molar-refractivity contribution >= 4 is 43.8 Å². The summed E-state index contributed by atoms with van der Waals surface area (Å²) in [5.41, 5.74) is 18.2. The first-order chi connectivity index (χ1) is 22.8. The Morgan fingerprint density at radius 2 is 1.20 bits per heavy atom. The average Bonchev–Trinajstić information content (AvgIpc) is 3.81. The molecule has 2 unspecified atom stereocenters. The quantitative estimate of drug-likeness (QED) is 0.163. The Morgan fingerprint density at radius 3 is 1.70 bits per heavy atom. The molecule has 3 aliphatic rings. The van der Waals surface area contributed by atoms with Gasteiger partial charge in [-0.2, -0.15) is 0 Å². The van der Waals surface area contributed by atoms with Crippen LogP contribution in [0.2, 0.25) is 9.26 Å². The molecule has 264 valence electrons. The molecule has 50 heavy (non-hydrogen) atoms. The van der Waals surface area contributed by atoms with Gasteiger partial charge in [0.2, 0.25) is 0 Å². The van der Waals surface area contributed by atoms with Gasteiger partial charge in [0, 0.05) is 0 Å². The van der Waals surface area contributed by atoms with Gasteiger partial charge in [0.05, 0.1) is 0 Å². The van der Waals surface area contributed by atoms with E-state index in [0.29, 0.717) is 13.2 Å². The van der Waals surface area contributed by atoms with Gasteiger partial charge < -0.3 is 0 Å². The minimum Gasteiger partial charge on any atom is -0.147 e. The molecule has 0 heterocycles. The number of hydrogen-bond acceptors (Lipinski definition) is 0. The largest absolute Gasteiger partial charge is 0.147 e. The van der Waals surface area contributed by atoms with Crippen LogP contribution in [-0.2, 0) is 22.8 Å². The maximum atomic E-state index is 2.83. The van der Waals surface area contributed by atoms with Crippen LogP contribution in [0.3, 0.4) is 0 Å². The summed E-state index contributed by atoms with van der Waals surface area (Å²) >= 11 is -3.71. The smallest absolute Gasteiger partial charge is 0.147 e. The van der Waals surface area contributed by atoms with E-state index in [9.17, 15) is 0 Å². The predicted molar refractivity (Wildman–Crippen MR) is 225 cm³/mol. The first-order valence-corrected chi connectivity index (χ1v) is 32.4. The van der Waals surface area contributed by atoms with E-state index in [0.717, 1.165) is 12.3 Å². The number of fused-ring (bicyclic) bond motifs is 2. The molecule has 0 N–H and O–H groups in total. The van der Waals surface area contributed by atoms with Gasteiger partial charge in [-0.15, -0.1) is 24.8 Å². The first kappa shape index (κ1) is 39.3. The zero-order valence-electron chi connectivity index (χ0n) is 31.6. The van der Waals surface area contributed by atoms with Crippen molar-refractivity contribution < 1.29 is 17.4 Å². The van der Waals surface area contributed by atoms with E-state index < -0.39 is 17.4 Å². The van der Waals surface area contributed by atoms with Gasteiger partial charge in [-0.1, -0.05) is 0 Å². The van der Waals surface area contributed by atoms with Crippen LogP contribution in [0.1, 0.15) is 120 Å². The molecule has 1 fully saturated rings. The molecule has 0 aromatic heterocycles. The standard InChI is InChI=1S/C23H25.C21H23.2CH3.2ClH.H2Si.Zr/c1-16(2)17-10-12-19(13-11-17)22-9-5-8-20-14-21(15-23(20)22)18-6-3-4-7-18;1-5-15-13-17-7-6-8-19(20(17)14-15)16-9-11-18(12-10-16)21(2,3)4;;;;;;/h5,8-16,18H,3-4,6-7H2,1-2H3;6-14H,5H2,1-4H3;2*1H3;2*1H;1H2;. The Hall–Kier alpha value is -1.96. The minimum absolute atomic E-state index is 0. The van der Waals surface area contributed by atoms with Gasteiger partial charge in [-0.25, -0.2) is 0 Å². The molecule has 7 rings (SSSR count). The van der Waals surface area contributed by atoms with Crippen LogP contribution in [0.15, 0.2) is 96.1 Å². The summed E-state index contributed by atoms with van der Waals surface area (Å²) in [6.45, 7) is 16.4. The minimum atomic E-state index is -3.71. The summed E-state index contributed by atoms with van der Waals surface area (Å²) < 4.78 is 6.78. The van der Waals surface area contributed by atoms with Crippen LogP contribution in [0.25, 0.3) is 34.4 Å². The SMILES string of the molecule is CCC1=Cc2c(-c3ccc(C(C)(C)C)cc3)cccc2[CH]1[Zr]([CH3])([CH3])(=[SiH2])[CH]1C(C2CCCC2)=Cc2c(-c3ccc(C(C)C)cc3)cccc21.Cl.Cl. The van der Waals surface area contributed by atoms with Gasteiger partial charge in [-0.05, 0) is 0 Å². The molecule has 2 atom stereocenters. The summed E-state index contributed by atoms with van der Waals surface area (Å²) in [6, 6.07) is 33.4. The molecule has 4 heteroatoms. The summed E-state index contributed by atoms with van der Waals surface area (Å²) in [4.78, 5) is 0. The molecule has 3 aliphatic carbocycles. The Morgan fingerprint density at radius 1 is 0.700 bits per heavy atom. The molecular weight excluding hydrogens is 743 g/mol. The number of hydrogen-bond donors (Lipinski definition) is 0. The van der Waals surface area contributed by atoms with Crippen molar-refractivity contribution in [3.05, 3.63) is 129 Å². The van der Waals surface area contributed by atoms with Crippen molar-refractivity contribution in [3.63, 3.8) is 0 Å². The fourth-order valence-electron chi connectivity index (χ4n) is 9.85. The van der Waals surface area contributed by atoms with Crippen molar-refractivity contribution in [3.8, 4) is 22.3 Å². The molecule has 0 amide bonds. The number of benzene rings is 4. The van der Waals surface area contributed by atoms with Crippen molar-refractivity contribution in [1.29, 1.82) is 0 Å². The second kappa shape index (κ2) is 14.5. The molecular formula is C46H58Cl2SiZr. The van der Waals surface area contributed by atoms with E-state index >= 15 is 0 Å². The van der Waals surface area contributed by atoms with E-state index in [1.165, 1.54) is 70.2 Å². The summed E-state index contributed by atoms with van der Waals surface area (Å²) in [6.07, 6.45) is 11.9. The molecule has 4 aromatic carbocycles. The monoisotopic (exact) mass is 798 g/mol. The van der Waals surface area contributed by atoms with Crippen LogP contribution in [0.4, 0.5) is 0 Å². The molecule has 4 aromatic rings. The van der Waals surface area contributed by atoms with Gasteiger partial charge >= 0.3 is 296 Å². The van der Waals surface area contributed by atoms with E-state index in [2.05, 4.69) is 155 Å². The Kier molecular flexibility index (Phi) is 11.4.